The molecule has 1 fully saturated rings. The van der Waals surface area contributed by atoms with Gasteiger partial charge in [0, 0.05) is 0 Å². The molecule has 4 aliphatic rings. The third-order valence-corrected chi connectivity index (χ3v) is 5.99. The van der Waals surface area contributed by atoms with Crippen LogP contribution in [0, 0.1) is 32.1 Å². The fraction of sp³-hybridized carbons (Fsp3) is 0.500. The van der Waals surface area contributed by atoms with Crippen molar-refractivity contribution in [1.29, 1.82) is 0 Å². The molecule has 0 N–H and O–H groups in total. The Morgan fingerprint density at radius 1 is 1.24 bits per heavy atom. The molecule has 1 heterocycles. The van der Waals surface area contributed by atoms with Gasteiger partial charge in [0.05, 0.1) is 0 Å². The summed E-state index contributed by atoms with van der Waals surface area (Å²) in [5.41, 5.74) is -0.927. The van der Waals surface area contributed by atoms with Crippen molar-refractivity contribution in [2.75, 3.05) is 0 Å². The number of nitro groups is 2. The molecule has 9 heteroatoms. The van der Waals surface area contributed by atoms with E-state index >= 15 is 0 Å². The number of allylic oxidation sites excluding steroid dienone is 1. The van der Waals surface area contributed by atoms with Crippen LogP contribution >= 0.6 is 0 Å². The van der Waals surface area contributed by atoms with Crippen LogP contribution in [0.5, 0.6) is 0 Å². The normalized spacial score (nSPS) is 35.8. The van der Waals surface area contributed by atoms with Crippen LogP contribution in [0.2, 0.25) is 0 Å². The van der Waals surface area contributed by atoms with Crippen molar-refractivity contribution < 1.29 is 9.85 Å². The van der Waals surface area contributed by atoms with Gasteiger partial charge in [-0.2, -0.15) is 0 Å². The van der Waals surface area contributed by atoms with E-state index in [1.54, 1.807) is 0 Å². The molecular weight excluding hydrogens is 343 g/mol. The maximum absolute atomic E-state index is 11.9. The molecule has 0 saturated heterocycles. The van der Waals surface area contributed by atoms with E-state index < -0.39 is 31.3 Å². The second-order valence-electron chi connectivity index (χ2n) is 5.64. The molecule has 21 heavy (non-hydrogen) atoms. The molecule has 1 aromatic heterocycles. The van der Waals surface area contributed by atoms with Crippen molar-refractivity contribution in [3.05, 3.63) is 49.8 Å². The molecular formula is C12H10N4O4Se. The van der Waals surface area contributed by atoms with Crippen molar-refractivity contribution in [3.8, 4) is 0 Å². The number of fused-ring (bicyclic) bond motifs is 2. The number of rotatable bonds is 2. The molecule has 1 saturated carbocycles. The Bertz CT molecular complexity index is 727. The predicted molar refractivity (Wildman–Crippen MR) is 71.8 cm³/mol. The molecule has 0 amide bonds. The molecule has 0 spiro atoms. The number of nitrogens with zero attached hydrogens (tertiary/aromatic N) is 4. The van der Waals surface area contributed by atoms with Gasteiger partial charge >= 0.3 is 124 Å². The Hall–Kier alpha value is -1.86. The zero-order chi connectivity index (χ0) is 14.8. The zero-order valence-electron chi connectivity index (χ0n) is 10.7. The van der Waals surface area contributed by atoms with Gasteiger partial charge in [0.2, 0.25) is 0 Å². The van der Waals surface area contributed by atoms with Crippen LogP contribution in [0.15, 0.2) is 18.2 Å². The molecule has 2 bridgehead atoms. The van der Waals surface area contributed by atoms with Crippen LogP contribution in [0.25, 0.3) is 5.70 Å². The van der Waals surface area contributed by atoms with Gasteiger partial charge in [-0.25, -0.2) is 0 Å². The van der Waals surface area contributed by atoms with Gasteiger partial charge in [-0.15, -0.1) is 0 Å². The van der Waals surface area contributed by atoms with Gasteiger partial charge in [-0.05, 0) is 0 Å². The van der Waals surface area contributed by atoms with Gasteiger partial charge in [-0.3, -0.25) is 0 Å². The van der Waals surface area contributed by atoms with Crippen LogP contribution in [0.1, 0.15) is 30.1 Å². The Morgan fingerprint density at radius 2 is 2.05 bits per heavy atom. The standard InChI is InChI=1S/C12H10N4O4Se/c17-15(18)8-5-12(16(19)20)7-3-1-6(2-4-7)9(12)11-10(8)13-21-14-11/h1,3,5-7,9H,2,4H2/t6-,7+,9-,12+/m1/s1. The van der Waals surface area contributed by atoms with Crippen molar-refractivity contribution in [2.24, 2.45) is 11.8 Å². The SMILES string of the molecule is O=[N+]([O-])C1=C[C@]2([N+](=O)[O-])[C@H]3C=C[C@H](CC3)[C@@H]2c2n[se]nc21. The molecule has 1 aromatic rings. The topological polar surface area (TPSA) is 112 Å². The second kappa shape index (κ2) is 4.08. The van der Waals surface area contributed by atoms with Gasteiger partial charge in [-0.1, -0.05) is 0 Å². The van der Waals surface area contributed by atoms with E-state index in [-0.39, 0.29) is 28.2 Å². The summed E-state index contributed by atoms with van der Waals surface area (Å²) in [5, 5.41) is 23.2. The third kappa shape index (κ3) is 1.45. The van der Waals surface area contributed by atoms with Gasteiger partial charge in [0.15, 0.2) is 0 Å². The summed E-state index contributed by atoms with van der Waals surface area (Å²) in [6.07, 6.45) is 6.66. The third-order valence-electron chi connectivity index (χ3n) is 4.85. The van der Waals surface area contributed by atoms with Crippen molar-refractivity contribution in [3.63, 3.8) is 0 Å². The molecule has 8 nitrogen and oxygen atoms in total. The minimum atomic E-state index is -1.43. The first-order valence-electron chi connectivity index (χ1n) is 6.58. The molecule has 0 aromatic carbocycles. The summed E-state index contributed by atoms with van der Waals surface area (Å²) in [5.74, 6) is -0.708. The van der Waals surface area contributed by atoms with Gasteiger partial charge in [0.25, 0.3) is 0 Å². The van der Waals surface area contributed by atoms with Gasteiger partial charge < -0.3 is 0 Å². The van der Waals surface area contributed by atoms with E-state index in [4.69, 9.17) is 0 Å². The quantitative estimate of drug-likeness (QED) is 0.337. The minimum absolute atomic E-state index is 0.0165. The summed E-state index contributed by atoms with van der Waals surface area (Å²) in [6.45, 7) is 0. The maximum atomic E-state index is 11.9. The molecule has 0 radical (unpaired) electrons. The summed E-state index contributed by atoms with van der Waals surface area (Å²) in [6, 6.07) is 0. The Morgan fingerprint density at radius 3 is 2.67 bits per heavy atom. The average molecular weight is 353 g/mol. The molecule has 4 aliphatic carbocycles. The van der Waals surface area contributed by atoms with E-state index in [1.165, 1.54) is 6.08 Å². The molecule has 0 aliphatic heterocycles. The Kier molecular flexibility index (Phi) is 2.50. The fourth-order valence-electron chi connectivity index (χ4n) is 4.00. The van der Waals surface area contributed by atoms with Crippen LogP contribution in [-0.2, 0) is 0 Å². The first kappa shape index (κ1) is 12.8. The van der Waals surface area contributed by atoms with Crippen LogP contribution in [0.4, 0.5) is 0 Å². The van der Waals surface area contributed by atoms with E-state index in [2.05, 4.69) is 7.96 Å². The predicted octanol–water partition coefficient (Wildman–Crippen LogP) is 0.860. The van der Waals surface area contributed by atoms with E-state index in [0.717, 1.165) is 6.42 Å². The molecule has 0 unspecified atom stereocenters. The molecule has 108 valence electrons. The van der Waals surface area contributed by atoms with E-state index in [1.807, 2.05) is 12.2 Å². The number of aromatic nitrogens is 2. The van der Waals surface area contributed by atoms with Crippen LogP contribution in [0.3, 0.4) is 0 Å². The summed E-state index contributed by atoms with van der Waals surface area (Å²) >= 11 is -0.438. The molecule has 4 atom stereocenters. The summed E-state index contributed by atoms with van der Waals surface area (Å²) in [7, 11) is 0. The van der Waals surface area contributed by atoms with Gasteiger partial charge in [0.1, 0.15) is 0 Å². The Balaban J connectivity index is 2.04. The monoisotopic (exact) mass is 354 g/mol. The zero-order valence-corrected chi connectivity index (χ0v) is 12.4. The van der Waals surface area contributed by atoms with Crippen molar-refractivity contribution in [1.82, 2.24) is 7.96 Å². The van der Waals surface area contributed by atoms with E-state index in [9.17, 15) is 20.2 Å². The second-order valence-corrected chi connectivity index (χ2v) is 6.75. The fourth-order valence-corrected chi connectivity index (χ4v) is 5.26. The first-order valence-corrected chi connectivity index (χ1v) is 8.12. The van der Waals surface area contributed by atoms with Crippen LogP contribution in [-0.4, -0.2) is 38.3 Å². The summed E-state index contributed by atoms with van der Waals surface area (Å²) in [4.78, 5) is 22.3. The average Bonchev–Trinajstić information content (AvgIpc) is 2.96. The number of hydrogen-bond donors (Lipinski definition) is 0. The summed E-state index contributed by atoms with van der Waals surface area (Å²) < 4.78 is 8.46. The number of hydrogen-bond acceptors (Lipinski definition) is 6. The van der Waals surface area contributed by atoms with Crippen molar-refractivity contribution >= 4 is 20.7 Å². The Labute approximate surface area is 125 Å². The molecule has 5 rings (SSSR count). The van der Waals surface area contributed by atoms with Crippen LogP contribution < -0.4 is 0 Å². The van der Waals surface area contributed by atoms with Crippen molar-refractivity contribution in [2.45, 2.75) is 24.3 Å². The first-order chi connectivity index (χ1) is 10.1. The van der Waals surface area contributed by atoms with E-state index in [0.29, 0.717) is 12.1 Å².